The average Bonchev–Trinajstić information content (AvgIpc) is 3.11. The fourth-order valence-electron chi connectivity index (χ4n) is 3.48. The highest BCUT2D eigenvalue weighted by atomic mass is 35.5. The molecule has 1 fully saturated rings. The molecule has 0 unspecified atom stereocenters. The number of hydrogen-bond donors (Lipinski definition) is 0. The molecule has 1 aliphatic rings. The van der Waals surface area contributed by atoms with Gasteiger partial charge in [-0.15, -0.1) is 20.4 Å². The molecule has 0 amide bonds. The Bertz CT molecular complexity index is 1110. The number of nitrogens with zero attached hydrogens (tertiary/aromatic N) is 4. The van der Waals surface area contributed by atoms with Crippen molar-refractivity contribution in [2.24, 2.45) is 11.3 Å². The van der Waals surface area contributed by atoms with E-state index >= 15 is 0 Å². The Morgan fingerprint density at radius 3 is 2.48 bits per heavy atom. The Balaban J connectivity index is 1.31. The van der Waals surface area contributed by atoms with Crippen molar-refractivity contribution < 1.29 is 8.83 Å². The molecule has 164 valence electrons. The minimum Gasteiger partial charge on any atom is -0.416 e. The van der Waals surface area contributed by atoms with E-state index < -0.39 is 0 Å². The molecule has 0 N–H and O–H groups in total. The average molecular weight is 497 g/mol. The van der Waals surface area contributed by atoms with Gasteiger partial charge >= 0.3 is 0 Å². The van der Waals surface area contributed by atoms with Gasteiger partial charge in [-0.05, 0) is 42.9 Å². The molecule has 2 heterocycles. The Labute approximate surface area is 199 Å². The lowest BCUT2D eigenvalue weighted by Crippen LogP contribution is -1.90. The predicted molar refractivity (Wildman–Crippen MR) is 124 cm³/mol. The lowest BCUT2D eigenvalue weighted by atomic mass is 10.1. The minimum atomic E-state index is 0.136. The monoisotopic (exact) mass is 496 g/mol. The summed E-state index contributed by atoms with van der Waals surface area (Å²) in [5, 5.41) is 18.8. The van der Waals surface area contributed by atoms with Crippen LogP contribution in [0.2, 0.25) is 10.0 Å². The van der Waals surface area contributed by atoms with Crippen molar-refractivity contribution in [3.63, 3.8) is 0 Å². The second-order valence-electron chi connectivity index (χ2n) is 8.25. The molecule has 0 saturated heterocycles. The number of rotatable bonds is 8. The Kier molecular flexibility index (Phi) is 6.72. The predicted octanol–water partition coefficient (Wildman–Crippen LogP) is 7.05. The fourth-order valence-corrected chi connectivity index (χ4v) is 5.43. The van der Waals surface area contributed by atoms with Crippen molar-refractivity contribution in [3.05, 3.63) is 57.2 Å². The molecule has 6 nitrogen and oxygen atoms in total. The van der Waals surface area contributed by atoms with Crippen LogP contribution in [0.15, 0.2) is 49.1 Å². The van der Waals surface area contributed by atoms with E-state index in [0.717, 1.165) is 5.56 Å². The zero-order chi connectivity index (χ0) is 22.2. The number of aromatic nitrogens is 4. The highest BCUT2D eigenvalue weighted by Crippen LogP contribution is 2.65. The van der Waals surface area contributed by atoms with Crippen LogP contribution in [0.4, 0.5) is 0 Å². The summed E-state index contributed by atoms with van der Waals surface area (Å²) in [5.74, 6) is 2.96. The lowest BCUT2D eigenvalue weighted by Gasteiger charge is -2.02. The van der Waals surface area contributed by atoms with E-state index in [-0.39, 0.29) is 11.3 Å². The maximum absolute atomic E-state index is 6.20. The van der Waals surface area contributed by atoms with Gasteiger partial charge in [-0.2, -0.15) is 0 Å². The van der Waals surface area contributed by atoms with Crippen LogP contribution in [0.5, 0.6) is 0 Å². The van der Waals surface area contributed by atoms with Gasteiger partial charge in [0.15, 0.2) is 0 Å². The third-order valence-electron chi connectivity index (χ3n) is 5.25. The molecule has 0 radical (unpaired) electrons. The highest BCUT2D eigenvalue weighted by molar-refractivity contribution is 7.98. The summed E-state index contributed by atoms with van der Waals surface area (Å²) < 4.78 is 11.6. The third-order valence-corrected chi connectivity index (χ3v) is 7.50. The van der Waals surface area contributed by atoms with E-state index in [1.807, 2.05) is 12.1 Å². The van der Waals surface area contributed by atoms with Crippen LogP contribution < -0.4 is 0 Å². The molecule has 1 aromatic carbocycles. The van der Waals surface area contributed by atoms with E-state index in [1.54, 1.807) is 6.07 Å². The molecule has 0 bridgehead atoms. The summed E-state index contributed by atoms with van der Waals surface area (Å²) in [6, 6.07) is 5.42. The molecule has 2 aromatic heterocycles. The smallest absolute Gasteiger partial charge is 0.277 e. The van der Waals surface area contributed by atoms with Crippen LogP contribution in [-0.2, 0) is 11.5 Å². The topological polar surface area (TPSA) is 77.8 Å². The first-order valence-electron chi connectivity index (χ1n) is 9.74. The normalized spacial score (nSPS) is 19.4. The number of halogens is 2. The van der Waals surface area contributed by atoms with Crippen molar-refractivity contribution in [3.8, 4) is 0 Å². The van der Waals surface area contributed by atoms with Gasteiger partial charge in [0, 0.05) is 21.7 Å². The summed E-state index contributed by atoms with van der Waals surface area (Å²) in [6.45, 7) is 8.68. The summed E-state index contributed by atoms with van der Waals surface area (Å²) in [5.41, 5.74) is 2.40. The van der Waals surface area contributed by atoms with Gasteiger partial charge in [0.1, 0.15) is 0 Å². The third kappa shape index (κ3) is 5.30. The molecule has 31 heavy (non-hydrogen) atoms. The van der Waals surface area contributed by atoms with Gasteiger partial charge in [-0.1, -0.05) is 78.3 Å². The van der Waals surface area contributed by atoms with E-state index in [1.165, 1.54) is 29.1 Å². The quantitative estimate of drug-likeness (QED) is 0.242. The van der Waals surface area contributed by atoms with Crippen LogP contribution in [0.3, 0.4) is 0 Å². The summed E-state index contributed by atoms with van der Waals surface area (Å²) in [7, 11) is 0. The second kappa shape index (κ2) is 9.17. The Morgan fingerprint density at radius 1 is 1.03 bits per heavy atom. The molecule has 10 heteroatoms. The molecule has 0 aliphatic heterocycles. The van der Waals surface area contributed by atoms with Crippen LogP contribution in [0, 0.1) is 11.3 Å². The van der Waals surface area contributed by atoms with Gasteiger partial charge in [0.25, 0.3) is 10.4 Å². The van der Waals surface area contributed by atoms with Gasteiger partial charge < -0.3 is 8.83 Å². The minimum absolute atomic E-state index is 0.136. The molecule has 4 rings (SSSR count). The van der Waals surface area contributed by atoms with E-state index in [0.29, 0.717) is 49.7 Å². The van der Waals surface area contributed by atoms with Crippen molar-refractivity contribution in [1.29, 1.82) is 0 Å². The zero-order valence-electron chi connectivity index (χ0n) is 17.6. The van der Waals surface area contributed by atoms with Crippen LogP contribution in [0.1, 0.15) is 51.0 Å². The van der Waals surface area contributed by atoms with Gasteiger partial charge in [0.2, 0.25) is 11.8 Å². The second-order valence-corrected chi connectivity index (χ2v) is 10.9. The summed E-state index contributed by atoms with van der Waals surface area (Å²) >= 11 is 14.9. The Morgan fingerprint density at radius 2 is 1.74 bits per heavy atom. The maximum Gasteiger partial charge on any atom is 0.277 e. The van der Waals surface area contributed by atoms with E-state index in [4.69, 9.17) is 32.0 Å². The van der Waals surface area contributed by atoms with E-state index in [2.05, 4.69) is 54.2 Å². The van der Waals surface area contributed by atoms with Gasteiger partial charge in [-0.3, -0.25) is 0 Å². The largest absolute Gasteiger partial charge is 0.416 e. The highest BCUT2D eigenvalue weighted by Gasteiger charge is 2.60. The number of thioether (sulfide) groups is 2. The lowest BCUT2D eigenvalue weighted by molar-refractivity contribution is 0.398. The molecular formula is C21H22Cl2N4O2S2. The van der Waals surface area contributed by atoms with Crippen molar-refractivity contribution in [2.45, 2.75) is 55.6 Å². The molecule has 0 spiro atoms. The van der Waals surface area contributed by atoms with Gasteiger partial charge in [-0.25, -0.2) is 0 Å². The van der Waals surface area contributed by atoms with Gasteiger partial charge in [0.05, 0.1) is 5.75 Å². The fraction of sp³-hybridized carbons (Fsp3) is 0.429. The first-order valence-corrected chi connectivity index (χ1v) is 12.5. The number of allylic oxidation sites excluding steroid dienone is 2. The molecular weight excluding hydrogens is 475 g/mol. The first kappa shape index (κ1) is 22.7. The first-order chi connectivity index (χ1) is 14.7. The van der Waals surface area contributed by atoms with Crippen LogP contribution >= 0.6 is 46.7 Å². The van der Waals surface area contributed by atoms with Crippen LogP contribution in [0.25, 0.3) is 0 Å². The molecule has 1 aliphatic carbocycles. The molecule has 1 saturated carbocycles. The van der Waals surface area contributed by atoms with E-state index in [9.17, 15) is 0 Å². The Hall–Kier alpha value is -1.48. The number of hydrogen-bond acceptors (Lipinski definition) is 8. The molecule has 3 aromatic rings. The molecule has 2 atom stereocenters. The summed E-state index contributed by atoms with van der Waals surface area (Å²) in [6.07, 6.45) is 2.29. The summed E-state index contributed by atoms with van der Waals surface area (Å²) in [4.78, 5) is 0. The maximum atomic E-state index is 6.20. The van der Waals surface area contributed by atoms with Crippen molar-refractivity contribution in [1.82, 2.24) is 20.4 Å². The zero-order valence-corrected chi connectivity index (χ0v) is 20.7. The van der Waals surface area contributed by atoms with Crippen LogP contribution in [-0.4, -0.2) is 20.4 Å². The SMILES string of the molecule is CC(C)=C[C@@H]1[C@@H](c2nnc(SCc3nnc(SCc4ccc(Cl)cc4Cl)o3)o2)C1(C)C. The van der Waals surface area contributed by atoms with Crippen molar-refractivity contribution in [2.75, 3.05) is 0 Å². The standard InChI is InChI=1S/C21H22Cl2N4O2S2/c1-11(2)7-14-17(21(14,3)4)18-25-27-20(29-18)31-10-16-24-26-19(28-16)30-9-12-5-6-13(22)8-15(12)23/h5-8,14,17H,9-10H2,1-4H3/t14-,17+/m1/s1. The van der Waals surface area contributed by atoms with Crippen molar-refractivity contribution >= 4 is 46.7 Å². The number of benzene rings is 1.